The van der Waals surface area contributed by atoms with Crippen LogP contribution < -0.4 is 5.73 Å². The largest absolute Gasteiger partial charge is 0.319 e. The lowest BCUT2D eigenvalue weighted by atomic mass is 10.0. The van der Waals surface area contributed by atoms with Gasteiger partial charge >= 0.3 is 0 Å². The predicted molar refractivity (Wildman–Crippen MR) is 58.3 cm³/mol. The van der Waals surface area contributed by atoms with Crippen molar-refractivity contribution in [2.45, 2.75) is 31.3 Å². The Bertz CT molecular complexity index is 228. The molecule has 0 spiro atoms. The second-order valence-corrected chi connectivity index (χ2v) is 4.88. The summed E-state index contributed by atoms with van der Waals surface area (Å²) in [5.74, 6) is 0. The van der Waals surface area contributed by atoms with Gasteiger partial charge in [-0.05, 0) is 39.9 Å². The molecule has 0 radical (unpaired) electrons. The van der Waals surface area contributed by atoms with E-state index in [1.165, 1.54) is 25.9 Å². The first-order chi connectivity index (χ1) is 6.57. The molecule has 4 nitrogen and oxygen atoms in total. The minimum atomic E-state index is -0.219. The molecule has 2 aliphatic rings. The van der Waals surface area contributed by atoms with Crippen LogP contribution in [-0.2, 0) is 0 Å². The minimum Gasteiger partial charge on any atom is -0.319 e. The highest BCUT2D eigenvalue weighted by atomic mass is 15.5. The van der Waals surface area contributed by atoms with Gasteiger partial charge in [0.05, 0.1) is 12.1 Å². The van der Waals surface area contributed by atoms with Gasteiger partial charge in [0.2, 0.25) is 0 Å². The lowest BCUT2D eigenvalue weighted by molar-refractivity contribution is 0.126. The molecule has 1 unspecified atom stereocenters. The van der Waals surface area contributed by atoms with Crippen molar-refractivity contribution in [2.24, 2.45) is 10.8 Å². The first kappa shape index (κ1) is 9.93. The number of hydrogen-bond acceptors (Lipinski definition) is 4. The van der Waals surface area contributed by atoms with Crippen LogP contribution in [0, 0.1) is 0 Å². The van der Waals surface area contributed by atoms with Crippen molar-refractivity contribution in [1.29, 1.82) is 0 Å². The summed E-state index contributed by atoms with van der Waals surface area (Å²) in [6.07, 6.45) is 4.30. The Balaban J connectivity index is 1.89. The molecule has 4 heteroatoms. The smallest absolute Gasteiger partial charge is 0.0697 e. The van der Waals surface area contributed by atoms with Crippen molar-refractivity contribution in [3.63, 3.8) is 0 Å². The van der Waals surface area contributed by atoms with Crippen molar-refractivity contribution in [1.82, 2.24) is 9.91 Å². The highest BCUT2D eigenvalue weighted by Crippen LogP contribution is 2.20. The van der Waals surface area contributed by atoms with E-state index in [1.54, 1.807) is 0 Å². The number of nitrogens with two attached hydrogens (primary N) is 1. The van der Waals surface area contributed by atoms with Gasteiger partial charge in [-0.3, -0.25) is 5.01 Å². The van der Waals surface area contributed by atoms with Gasteiger partial charge in [-0.15, -0.1) is 0 Å². The zero-order chi connectivity index (χ0) is 10.2. The zero-order valence-corrected chi connectivity index (χ0v) is 9.11. The molecular weight excluding hydrogens is 176 g/mol. The molecule has 0 saturated carbocycles. The first-order valence-corrected chi connectivity index (χ1v) is 5.36. The number of hydrazone groups is 1. The molecule has 1 saturated heterocycles. The molecule has 0 aromatic carbocycles. The molecule has 0 aliphatic carbocycles. The molecule has 0 aromatic heterocycles. The van der Waals surface area contributed by atoms with Crippen molar-refractivity contribution in [2.75, 3.05) is 26.7 Å². The molecule has 0 bridgehead atoms. The number of nitrogens with zero attached hydrogens (tertiary/aromatic N) is 3. The second-order valence-electron chi connectivity index (χ2n) is 4.88. The van der Waals surface area contributed by atoms with Crippen molar-refractivity contribution >= 4 is 6.21 Å². The third kappa shape index (κ3) is 2.07. The number of piperidine rings is 1. The molecule has 0 aromatic rings. The molecule has 80 valence electrons. The molecule has 2 rings (SSSR count). The van der Waals surface area contributed by atoms with Gasteiger partial charge in [0.25, 0.3) is 0 Å². The summed E-state index contributed by atoms with van der Waals surface area (Å²) < 4.78 is 0. The topological polar surface area (TPSA) is 44.9 Å². The van der Waals surface area contributed by atoms with Crippen molar-refractivity contribution < 1.29 is 0 Å². The van der Waals surface area contributed by atoms with Gasteiger partial charge in [0, 0.05) is 12.3 Å². The van der Waals surface area contributed by atoms with Gasteiger partial charge in [-0.2, -0.15) is 5.10 Å². The van der Waals surface area contributed by atoms with Gasteiger partial charge in [-0.25, -0.2) is 0 Å². The molecule has 1 fully saturated rings. The summed E-state index contributed by atoms with van der Waals surface area (Å²) in [5, 5.41) is 6.58. The Morgan fingerprint density at radius 2 is 2.07 bits per heavy atom. The van der Waals surface area contributed by atoms with E-state index in [0.29, 0.717) is 6.04 Å². The van der Waals surface area contributed by atoms with E-state index in [1.807, 2.05) is 13.1 Å². The summed E-state index contributed by atoms with van der Waals surface area (Å²) in [6.45, 7) is 5.27. The lowest BCUT2D eigenvalue weighted by Gasteiger charge is -2.34. The van der Waals surface area contributed by atoms with E-state index in [9.17, 15) is 0 Å². The quantitative estimate of drug-likeness (QED) is 0.647. The van der Waals surface area contributed by atoms with Crippen LogP contribution in [0.15, 0.2) is 5.10 Å². The molecule has 0 amide bonds. The van der Waals surface area contributed by atoms with Crippen LogP contribution in [0.1, 0.15) is 19.8 Å². The van der Waals surface area contributed by atoms with Gasteiger partial charge in [0.15, 0.2) is 0 Å². The minimum absolute atomic E-state index is 0.219. The average molecular weight is 196 g/mol. The summed E-state index contributed by atoms with van der Waals surface area (Å²) in [4.78, 5) is 2.37. The van der Waals surface area contributed by atoms with Crippen LogP contribution in [0.25, 0.3) is 0 Å². The van der Waals surface area contributed by atoms with Gasteiger partial charge in [0.1, 0.15) is 0 Å². The van der Waals surface area contributed by atoms with Crippen LogP contribution in [-0.4, -0.2) is 54.4 Å². The second kappa shape index (κ2) is 3.51. The predicted octanol–water partition coefficient (Wildman–Crippen LogP) is 0.0994. The number of likely N-dealkylation sites (tertiary alicyclic amines) is 1. The van der Waals surface area contributed by atoms with E-state index in [0.717, 1.165) is 6.54 Å². The number of hydrogen-bond donors (Lipinski definition) is 1. The Morgan fingerprint density at radius 3 is 2.57 bits per heavy atom. The molecule has 14 heavy (non-hydrogen) atoms. The van der Waals surface area contributed by atoms with E-state index in [-0.39, 0.29) is 5.54 Å². The van der Waals surface area contributed by atoms with E-state index in [4.69, 9.17) is 5.73 Å². The van der Waals surface area contributed by atoms with Crippen LogP contribution >= 0.6 is 0 Å². The Labute approximate surface area is 85.7 Å². The summed E-state index contributed by atoms with van der Waals surface area (Å²) >= 11 is 0. The van der Waals surface area contributed by atoms with Crippen LogP contribution in [0.3, 0.4) is 0 Å². The Hall–Kier alpha value is -0.610. The van der Waals surface area contributed by atoms with Gasteiger partial charge < -0.3 is 10.6 Å². The number of rotatable bonds is 1. The van der Waals surface area contributed by atoms with Gasteiger partial charge in [-0.1, -0.05) is 0 Å². The average Bonchev–Trinajstić information content (AvgIpc) is 2.47. The zero-order valence-electron chi connectivity index (χ0n) is 9.11. The van der Waals surface area contributed by atoms with Crippen LogP contribution in [0.5, 0.6) is 0 Å². The highest BCUT2D eigenvalue weighted by molar-refractivity contribution is 5.71. The van der Waals surface area contributed by atoms with Crippen LogP contribution in [0.4, 0.5) is 0 Å². The maximum atomic E-state index is 6.00. The molecule has 2 aliphatic heterocycles. The molecule has 1 atom stereocenters. The molecule has 2 heterocycles. The summed E-state index contributed by atoms with van der Waals surface area (Å²) in [5.41, 5.74) is 5.78. The standard InChI is InChI=1S/C10H20N4/c1-10(11)7-12-14(8-10)9-3-5-13(2)6-4-9/h7,9H,3-6,8,11H2,1-2H3. The van der Waals surface area contributed by atoms with Crippen molar-refractivity contribution in [3.8, 4) is 0 Å². The van der Waals surface area contributed by atoms with E-state index >= 15 is 0 Å². The van der Waals surface area contributed by atoms with E-state index < -0.39 is 0 Å². The SMILES string of the molecule is CN1CCC(N2CC(C)(N)C=N2)CC1. The van der Waals surface area contributed by atoms with Crippen molar-refractivity contribution in [3.05, 3.63) is 0 Å². The molecular formula is C10H20N4. The Kier molecular flexibility index (Phi) is 2.49. The summed E-state index contributed by atoms with van der Waals surface area (Å²) in [7, 11) is 2.18. The fraction of sp³-hybridized carbons (Fsp3) is 0.900. The van der Waals surface area contributed by atoms with E-state index in [2.05, 4.69) is 22.1 Å². The normalized spacial score (nSPS) is 35.5. The lowest BCUT2D eigenvalue weighted by Crippen LogP contribution is -2.47. The maximum absolute atomic E-state index is 6.00. The fourth-order valence-electron chi connectivity index (χ4n) is 2.15. The fourth-order valence-corrected chi connectivity index (χ4v) is 2.15. The molecule has 2 N–H and O–H groups in total. The highest BCUT2D eigenvalue weighted by Gasteiger charge is 2.31. The maximum Gasteiger partial charge on any atom is 0.0697 e. The monoisotopic (exact) mass is 196 g/mol. The third-order valence-electron chi connectivity index (χ3n) is 3.11. The Morgan fingerprint density at radius 1 is 1.43 bits per heavy atom. The summed E-state index contributed by atoms with van der Waals surface area (Å²) in [6, 6.07) is 0.604. The first-order valence-electron chi connectivity index (χ1n) is 5.36. The van der Waals surface area contributed by atoms with Crippen LogP contribution in [0.2, 0.25) is 0 Å². The third-order valence-corrected chi connectivity index (χ3v) is 3.11.